The number of esters is 2. The molecule has 1 aliphatic heterocycles. The predicted molar refractivity (Wildman–Crippen MR) is 93.3 cm³/mol. The summed E-state index contributed by atoms with van der Waals surface area (Å²) in [6.45, 7) is 10.2. The van der Waals surface area contributed by atoms with Gasteiger partial charge in [0.1, 0.15) is 12.2 Å². The van der Waals surface area contributed by atoms with Crippen molar-refractivity contribution in [2.45, 2.75) is 78.9 Å². The van der Waals surface area contributed by atoms with Crippen LogP contribution in [0.1, 0.15) is 66.7 Å². The molecule has 24 heavy (non-hydrogen) atoms. The number of hydrogen-bond acceptors (Lipinski definition) is 4. The molecule has 0 radical (unpaired) electrons. The van der Waals surface area contributed by atoms with E-state index in [1.165, 1.54) is 6.92 Å². The molecule has 1 saturated heterocycles. The molecule has 4 nitrogen and oxygen atoms in total. The molecule has 0 N–H and O–H groups in total. The zero-order chi connectivity index (χ0) is 17.9. The van der Waals surface area contributed by atoms with Crippen LogP contribution < -0.4 is 0 Å². The Hall–Kier alpha value is -1.32. The fourth-order valence-electron chi connectivity index (χ4n) is 4.15. The van der Waals surface area contributed by atoms with Crippen LogP contribution in [0.3, 0.4) is 0 Å². The van der Waals surface area contributed by atoms with Gasteiger partial charge in [0.25, 0.3) is 0 Å². The molecule has 0 bridgehead atoms. The van der Waals surface area contributed by atoms with E-state index in [0.29, 0.717) is 18.3 Å². The summed E-state index contributed by atoms with van der Waals surface area (Å²) in [5.74, 6) is 0.768. The molecule has 2 aliphatic rings. The van der Waals surface area contributed by atoms with E-state index in [1.54, 1.807) is 0 Å². The van der Waals surface area contributed by atoms with Crippen LogP contribution >= 0.6 is 0 Å². The molecule has 2 rings (SSSR count). The first-order valence-corrected chi connectivity index (χ1v) is 9.29. The summed E-state index contributed by atoms with van der Waals surface area (Å²) in [4.78, 5) is 23.1. The molecule has 0 amide bonds. The zero-order valence-electron chi connectivity index (χ0n) is 15.7. The normalized spacial score (nSPS) is 31.1. The van der Waals surface area contributed by atoms with Crippen molar-refractivity contribution in [1.82, 2.24) is 0 Å². The molecule has 1 saturated carbocycles. The summed E-state index contributed by atoms with van der Waals surface area (Å²) >= 11 is 0. The summed E-state index contributed by atoms with van der Waals surface area (Å²) in [5.41, 5.74) is -0.0958. The van der Waals surface area contributed by atoms with E-state index in [9.17, 15) is 9.59 Å². The highest BCUT2D eigenvalue weighted by molar-refractivity contribution is 5.72. The fourth-order valence-corrected chi connectivity index (χ4v) is 4.15. The number of fused-ring (bicyclic) bond motifs is 1. The standard InChI is InChI=1S/C20H32O4/c1-6-7-10-20(4,5)18(23-14(3)21)9-8-15-13(2)11-17-16(15)12-19(22)24-17/h8-9,13,15-18H,6-7,10-12H2,1-5H3/b9-8+/t13-,15+,16-,17+,18+/m0/s1. The maximum atomic E-state index is 11.6. The van der Waals surface area contributed by atoms with Crippen molar-refractivity contribution in [3.63, 3.8) is 0 Å². The van der Waals surface area contributed by atoms with Crippen molar-refractivity contribution in [2.24, 2.45) is 23.2 Å². The zero-order valence-corrected chi connectivity index (χ0v) is 15.7. The van der Waals surface area contributed by atoms with Crippen LogP contribution in [0.15, 0.2) is 12.2 Å². The Bertz CT molecular complexity index is 494. The molecule has 0 spiro atoms. The van der Waals surface area contributed by atoms with Gasteiger partial charge >= 0.3 is 11.9 Å². The molecule has 4 heteroatoms. The van der Waals surface area contributed by atoms with Crippen molar-refractivity contribution >= 4 is 11.9 Å². The Kier molecular flexibility index (Phi) is 6.11. The van der Waals surface area contributed by atoms with Gasteiger partial charge in [0, 0.05) is 18.3 Å². The van der Waals surface area contributed by atoms with Crippen LogP contribution in [0.5, 0.6) is 0 Å². The van der Waals surface area contributed by atoms with E-state index in [2.05, 4.69) is 39.8 Å². The molecule has 5 atom stereocenters. The Balaban J connectivity index is 2.11. The topological polar surface area (TPSA) is 52.6 Å². The first kappa shape index (κ1) is 19.0. The first-order valence-electron chi connectivity index (χ1n) is 9.29. The number of hydrogen-bond donors (Lipinski definition) is 0. The molecule has 0 aromatic heterocycles. The predicted octanol–water partition coefficient (Wildman–Crippen LogP) is 4.28. The number of carbonyl (C=O) groups excluding carboxylic acids is 2. The summed E-state index contributed by atoms with van der Waals surface area (Å²) in [6.07, 6.45) is 8.79. The molecular weight excluding hydrogens is 304 g/mol. The smallest absolute Gasteiger partial charge is 0.306 e. The number of carbonyl (C=O) groups is 2. The van der Waals surface area contributed by atoms with E-state index in [4.69, 9.17) is 9.47 Å². The number of allylic oxidation sites excluding steroid dienone is 1. The van der Waals surface area contributed by atoms with Crippen molar-refractivity contribution in [1.29, 1.82) is 0 Å². The molecule has 0 aromatic carbocycles. The lowest BCUT2D eigenvalue weighted by molar-refractivity contribution is -0.149. The minimum Gasteiger partial charge on any atom is -0.462 e. The minimum atomic E-state index is -0.244. The van der Waals surface area contributed by atoms with E-state index in [1.807, 2.05) is 0 Å². The van der Waals surface area contributed by atoms with Crippen LogP contribution in [0.2, 0.25) is 0 Å². The van der Waals surface area contributed by atoms with Crippen LogP contribution in [-0.4, -0.2) is 24.1 Å². The molecule has 136 valence electrons. The van der Waals surface area contributed by atoms with Gasteiger partial charge in [-0.2, -0.15) is 0 Å². The lowest BCUT2D eigenvalue weighted by Gasteiger charge is -2.32. The van der Waals surface area contributed by atoms with Gasteiger partial charge in [-0.25, -0.2) is 0 Å². The van der Waals surface area contributed by atoms with Gasteiger partial charge in [-0.3, -0.25) is 9.59 Å². The highest BCUT2D eigenvalue weighted by Gasteiger charge is 2.47. The van der Waals surface area contributed by atoms with Crippen molar-refractivity contribution in [3.05, 3.63) is 12.2 Å². The maximum Gasteiger partial charge on any atom is 0.306 e. The van der Waals surface area contributed by atoms with Crippen molar-refractivity contribution in [3.8, 4) is 0 Å². The summed E-state index contributed by atoms with van der Waals surface area (Å²) in [5, 5.41) is 0. The van der Waals surface area contributed by atoms with Crippen molar-refractivity contribution in [2.75, 3.05) is 0 Å². The van der Waals surface area contributed by atoms with Gasteiger partial charge in [0.2, 0.25) is 0 Å². The molecule has 0 aromatic rings. The van der Waals surface area contributed by atoms with Crippen LogP contribution in [-0.2, 0) is 19.1 Å². The summed E-state index contributed by atoms with van der Waals surface area (Å²) in [7, 11) is 0. The Morgan fingerprint density at radius 2 is 2.17 bits per heavy atom. The monoisotopic (exact) mass is 336 g/mol. The molecule has 0 unspecified atom stereocenters. The van der Waals surface area contributed by atoms with Crippen LogP contribution in [0, 0.1) is 23.2 Å². The van der Waals surface area contributed by atoms with Crippen LogP contribution in [0.25, 0.3) is 0 Å². The number of rotatable bonds is 7. The van der Waals surface area contributed by atoms with Gasteiger partial charge in [0.15, 0.2) is 0 Å². The Labute approximate surface area is 146 Å². The highest BCUT2D eigenvalue weighted by atomic mass is 16.6. The first-order chi connectivity index (χ1) is 11.2. The van der Waals surface area contributed by atoms with Gasteiger partial charge in [-0.15, -0.1) is 0 Å². The van der Waals surface area contributed by atoms with E-state index in [-0.39, 0.29) is 35.5 Å². The van der Waals surface area contributed by atoms with E-state index < -0.39 is 0 Å². The Morgan fingerprint density at radius 3 is 2.79 bits per heavy atom. The summed E-state index contributed by atoms with van der Waals surface area (Å²) < 4.78 is 11.0. The van der Waals surface area contributed by atoms with E-state index >= 15 is 0 Å². The third-order valence-electron chi connectivity index (χ3n) is 5.66. The molecular formula is C20H32O4. The third-order valence-corrected chi connectivity index (χ3v) is 5.66. The largest absolute Gasteiger partial charge is 0.462 e. The van der Waals surface area contributed by atoms with E-state index in [0.717, 1.165) is 25.7 Å². The van der Waals surface area contributed by atoms with Gasteiger partial charge in [-0.05, 0) is 30.8 Å². The average Bonchev–Trinajstić information content (AvgIpc) is 2.96. The quantitative estimate of drug-likeness (QED) is 0.514. The highest BCUT2D eigenvalue weighted by Crippen LogP contribution is 2.45. The second-order valence-corrected chi connectivity index (χ2v) is 8.19. The second kappa shape index (κ2) is 7.71. The van der Waals surface area contributed by atoms with Gasteiger partial charge in [-0.1, -0.05) is 46.6 Å². The number of unbranched alkanes of at least 4 members (excludes halogenated alkanes) is 1. The molecule has 1 aliphatic carbocycles. The van der Waals surface area contributed by atoms with Gasteiger partial charge < -0.3 is 9.47 Å². The molecule has 2 fully saturated rings. The average molecular weight is 336 g/mol. The van der Waals surface area contributed by atoms with Crippen LogP contribution in [0.4, 0.5) is 0 Å². The summed E-state index contributed by atoms with van der Waals surface area (Å²) in [6, 6.07) is 0. The third kappa shape index (κ3) is 4.40. The SMILES string of the molecule is CCCCC(C)(C)[C@@H](/C=C/[C@H]1[C@@H]2CC(=O)O[C@@H]2C[C@@H]1C)OC(C)=O. The lowest BCUT2D eigenvalue weighted by Crippen LogP contribution is -2.32. The second-order valence-electron chi connectivity index (χ2n) is 8.19. The lowest BCUT2D eigenvalue weighted by atomic mass is 9.80. The van der Waals surface area contributed by atoms with Gasteiger partial charge in [0.05, 0.1) is 6.42 Å². The maximum absolute atomic E-state index is 11.6. The molecule has 1 heterocycles. The Morgan fingerprint density at radius 1 is 1.46 bits per heavy atom. The fraction of sp³-hybridized carbons (Fsp3) is 0.800. The minimum absolute atomic E-state index is 0.0717. The number of ether oxygens (including phenoxy) is 2. The van der Waals surface area contributed by atoms with Crippen molar-refractivity contribution < 1.29 is 19.1 Å².